The summed E-state index contributed by atoms with van der Waals surface area (Å²) in [5.74, 6) is 1.22. The number of fused-ring (bicyclic) bond motifs is 1. The summed E-state index contributed by atoms with van der Waals surface area (Å²) in [6.45, 7) is 3.28. The molecule has 3 heterocycles. The number of aryl methyl sites for hydroxylation is 2. The second kappa shape index (κ2) is 8.26. The van der Waals surface area contributed by atoms with Gasteiger partial charge in [-0.15, -0.1) is 0 Å². The fraction of sp³-hybridized carbons (Fsp3) is 0.231. The molecule has 0 spiro atoms. The lowest BCUT2D eigenvalue weighted by Gasteiger charge is -2.17. The van der Waals surface area contributed by atoms with Crippen LogP contribution in [0.5, 0.6) is 0 Å². The van der Waals surface area contributed by atoms with Crippen LogP contribution in [-0.4, -0.2) is 25.2 Å². The highest BCUT2D eigenvalue weighted by Gasteiger charge is 2.31. The van der Waals surface area contributed by atoms with Crippen molar-refractivity contribution in [3.8, 4) is 11.5 Å². The van der Waals surface area contributed by atoms with Crippen LogP contribution in [0.4, 0.5) is 0 Å². The molecule has 2 aromatic heterocycles. The molecule has 0 saturated carbocycles. The van der Waals surface area contributed by atoms with Gasteiger partial charge in [0.05, 0.1) is 24.5 Å². The predicted molar refractivity (Wildman–Crippen MR) is 121 cm³/mol. The molecule has 0 bridgehead atoms. The standard InChI is InChI=1S/C26H26N4O/c1-20-9-7-13-22(17-20)30-26(28-15-5-6-16-28)23-18-29(19-24(23)27-30)25(31)14-8-12-21-10-3-2-4-11-21/h2-7,9-11,13,15-17H,8,12,14,18-19H2,1H3. The molecular weight excluding hydrogens is 384 g/mol. The van der Waals surface area contributed by atoms with E-state index < -0.39 is 0 Å². The molecule has 4 aromatic rings. The highest BCUT2D eigenvalue weighted by molar-refractivity contribution is 5.77. The van der Waals surface area contributed by atoms with Gasteiger partial charge >= 0.3 is 0 Å². The SMILES string of the molecule is Cc1cccc(-n2nc3c(c2-n2cccc2)CN(C(=O)CCCc2ccccc2)C3)c1. The van der Waals surface area contributed by atoms with Gasteiger partial charge in [0.15, 0.2) is 0 Å². The lowest BCUT2D eigenvalue weighted by Crippen LogP contribution is -2.26. The second-order valence-corrected chi connectivity index (χ2v) is 8.18. The van der Waals surface area contributed by atoms with E-state index in [1.165, 1.54) is 11.1 Å². The molecule has 0 N–H and O–H groups in total. The lowest BCUT2D eigenvalue weighted by atomic mass is 10.1. The summed E-state index contributed by atoms with van der Waals surface area (Å²) in [5.41, 5.74) is 5.64. The Morgan fingerprint density at radius 3 is 2.55 bits per heavy atom. The van der Waals surface area contributed by atoms with Gasteiger partial charge in [0.25, 0.3) is 0 Å². The average molecular weight is 411 g/mol. The first-order valence-electron chi connectivity index (χ1n) is 10.8. The van der Waals surface area contributed by atoms with Crippen LogP contribution in [0.3, 0.4) is 0 Å². The summed E-state index contributed by atoms with van der Waals surface area (Å²) >= 11 is 0. The maximum Gasteiger partial charge on any atom is 0.223 e. The Labute approximate surface area is 182 Å². The molecule has 0 fully saturated rings. The maximum absolute atomic E-state index is 12.9. The summed E-state index contributed by atoms with van der Waals surface area (Å²) in [6.07, 6.45) is 6.43. The lowest BCUT2D eigenvalue weighted by molar-refractivity contribution is -0.131. The second-order valence-electron chi connectivity index (χ2n) is 8.18. The van der Waals surface area contributed by atoms with Crippen molar-refractivity contribution in [2.24, 2.45) is 0 Å². The molecule has 0 radical (unpaired) electrons. The number of aromatic nitrogens is 3. The van der Waals surface area contributed by atoms with Crippen molar-refractivity contribution in [3.63, 3.8) is 0 Å². The van der Waals surface area contributed by atoms with E-state index in [4.69, 9.17) is 5.10 Å². The first-order valence-corrected chi connectivity index (χ1v) is 10.8. The molecule has 0 atom stereocenters. The van der Waals surface area contributed by atoms with E-state index in [-0.39, 0.29) is 5.91 Å². The molecular formula is C26H26N4O. The van der Waals surface area contributed by atoms with Crippen LogP contribution in [0.15, 0.2) is 79.1 Å². The monoisotopic (exact) mass is 410 g/mol. The van der Waals surface area contributed by atoms with E-state index in [0.717, 1.165) is 35.6 Å². The molecule has 5 rings (SSSR count). The minimum Gasteiger partial charge on any atom is -0.332 e. The molecule has 31 heavy (non-hydrogen) atoms. The van der Waals surface area contributed by atoms with Gasteiger partial charge in [0.2, 0.25) is 5.91 Å². The van der Waals surface area contributed by atoms with Crippen LogP contribution in [0, 0.1) is 6.92 Å². The molecule has 5 heteroatoms. The van der Waals surface area contributed by atoms with Crippen LogP contribution in [0.1, 0.15) is 35.2 Å². The molecule has 1 amide bonds. The zero-order valence-electron chi connectivity index (χ0n) is 17.7. The molecule has 0 unspecified atom stereocenters. The molecule has 2 aromatic carbocycles. The van der Waals surface area contributed by atoms with Gasteiger partial charge in [-0.25, -0.2) is 4.68 Å². The highest BCUT2D eigenvalue weighted by Crippen LogP contribution is 2.31. The largest absolute Gasteiger partial charge is 0.332 e. The van der Waals surface area contributed by atoms with Gasteiger partial charge in [-0.3, -0.25) is 4.79 Å². The third-order valence-corrected chi connectivity index (χ3v) is 5.88. The molecule has 1 aliphatic heterocycles. The summed E-state index contributed by atoms with van der Waals surface area (Å²) in [4.78, 5) is 14.8. The van der Waals surface area contributed by atoms with Gasteiger partial charge in [0.1, 0.15) is 5.82 Å². The third-order valence-electron chi connectivity index (χ3n) is 5.88. The van der Waals surface area contributed by atoms with Gasteiger partial charge in [-0.1, -0.05) is 42.5 Å². The molecule has 1 aliphatic rings. The Balaban J connectivity index is 1.35. The Hall–Kier alpha value is -3.60. The summed E-state index contributed by atoms with van der Waals surface area (Å²) in [6, 6.07) is 22.7. The van der Waals surface area contributed by atoms with E-state index in [0.29, 0.717) is 19.5 Å². The average Bonchev–Trinajstić information content (AvgIpc) is 3.50. The minimum atomic E-state index is 0.203. The zero-order chi connectivity index (χ0) is 21.2. The van der Waals surface area contributed by atoms with Crippen molar-refractivity contribution < 1.29 is 4.79 Å². The quantitative estimate of drug-likeness (QED) is 0.457. The fourth-order valence-corrected chi connectivity index (χ4v) is 4.31. The van der Waals surface area contributed by atoms with Crippen molar-refractivity contribution >= 4 is 5.91 Å². The number of hydrogen-bond donors (Lipinski definition) is 0. The third kappa shape index (κ3) is 3.91. The Bertz CT molecular complexity index is 1190. The molecule has 5 nitrogen and oxygen atoms in total. The highest BCUT2D eigenvalue weighted by atomic mass is 16.2. The molecule has 0 aliphatic carbocycles. The Morgan fingerprint density at radius 1 is 0.968 bits per heavy atom. The first-order chi connectivity index (χ1) is 15.2. The summed E-state index contributed by atoms with van der Waals surface area (Å²) in [5, 5.41) is 4.92. The van der Waals surface area contributed by atoms with Crippen LogP contribution in [0.2, 0.25) is 0 Å². The number of carbonyl (C=O) groups excluding carboxylic acids is 1. The Kier molecular flexibility index (Phi) is 5.16. The van der Waals surface area contributed by atoms with Crippen LogP contribution >= 0.6 is 0 Å². The van der Waals surface area contributed by atoms with Crippen LogP contribution < -0.4 is 0 Å². The van der Waals surface area contributed by atoms with E-state index >= 15 is 0 Å². The normalized spacial score (nSPS) is 12.9. The van der Waals surface area contributed by atoms with Gasteiger partial charge < -0.3 is 9.47 Å². The van der Waals surface area contributed by atoms with Crippen LogP contribution in [-0.2, 0) is 24.3 Å². The zero-order valence-corrected chi connectivity index (χ0v) is 17.7. The molecule has 156 valence electrons. The van der Waals surface area contributed by atoms with E-state index in [2.05, 4.69) is 47.9 Å². The number of carbonyl (C=O) groups is 1. The van der Waals surface area contributed by atoms with Crippen molar-refractivity contribution in [1.29, 1.82) is 0 Å². The van der Waals surface area contributed by atoms with Crippen molar-refractivity contribution in [3.05, 3.63) is 102 Å². The van der Waals surface area contributed by atoms with Crippen molar-refractivity contribution in [2.75, 3.05) is 0 Å². The number of benzene rings is 2. The maximum atomic E-state index is 12.9. The minimum absolute atomic E-state index is 0.203. The fourth-order valence-electron chi connectivity index (χ4n) is 4.31. The van der Waals surface area contributed by atoms with Crippen molar-refractivity contribution in [2.45, 2.75) is 39.3 Å². The number of hydrogen-bond acceptors (Lipinski definition) is 2. The van der Waals surface area contributed by atoms with E-state index in [9.17, 15) is 4.79 Å². The van der Waals surface area contributed by atoms with Gasteiger partial charge in [0, 0.05) is 24.4 Å². The van der Waals surface area contributed by atoms with Gasteiger partial charge in [-0.2, -0.15) is 5.10 Å². The first kappa shape index (κ1) is 19.4. The number of amides is 1. The predicted octanol–water partition coefficient (Wildman–Crippen LogP) is 4.84. The van der Waals surface area contributed by atoms with Crippen LogP contribution in [0.25, 0.3) is 11.5 Å². The van der Waals surface area contributed by atoms with E-state index in [1.807, 2.05) is 52.3 Å². The van der Waals surface area contributed by atoms with Crippen molar-refractivity contribution in [1.82, 2.24) is 19.2 Å². The number of nitrogens with zero attached hydrogens (tertiary/aromatic N) is 4. The summed E-state index contributed by atoms with van der Waals surface area (Å²) < 4.78 is 4.10. The van der Waals surface area contributed by atoms with E-state index in [1.54, 1.807) is 0 Å². The van der Waals surface area contributed by atoms with Gasteiger partial charge in [-0.05, 0) is 55.2 Å². The Morgan fingerprint density at radius 2 is 1.77 bits per heavy atom. The topological polar surface area (TPSA) is 43.1 Å². The molecule has 0 saturated heterocycles. The summed E-state index contributed by atoms with van der Waals surface area (Å²) in [7, 11) is 0. The smallest absolute Gasteiger partial charge is 0.223 e. The number of rotatable bonds is 6.